The van der Waals surface area contributed by atoms with E-state index in [2.05, 4.69) is 0 Å². The van der Waals surface area contributed by atoms with Gasteiger partial charge in [0.2, 0.25) is 0 Å². The molecule has 0 saturated carbocycles. The first-order chi connectivity index (χ1) is 7.67. The monoisotopic (exact) mass is 217 g/mol. The highest BCUT2D eigenvalue weighted by Gasteiger charge is 2.06. The highest BCUT2D eigenvalue weighted by Crippen LogP contribution is 2.28. The Labute approximate surface area is 93.7 Å². The molecule has 0 bridgehead atoms. The average molecular weight is 217 g/mol. The summed E-state index contributed by atoms with van der Waals surface area (Å²) in [6.07, 6.45) is 3.00. The number of nitriles is 1. The number of benzene rings is 1. The molecule has 0 heterocycles. The summed E-state index contributed by atoms with van der Waals surface area (Å²) in [7, 11) is 1.49. The fraction of sp³-hybridized carbons (Fsp3) is 0.167. The Morgan fingerprint density at radius 3 is 2.75 bits per heavy atom. The van der Waals surface area contributed by atoms with E-state index in [1.807, 2.05) is 6.07 Å². The summed E-state index contributed by atoms with van der Waals surface area (Å²) in [5, 5.41) is 8.39. The summed E-state index contributed by atoms with van der Waals surface area (Å²) in [5.41, 5.74) is 0.800. The minimum Gasteiger partial charge on any atom is -0.493 e. The topological polar surface area (TPSA) is 59.3 Å². The normalized spacial score (nSPS) is 9.81. The van der Waals surface area contributed by atoms with Gasteiger partial charge in [0.05, 0.1) is 13.2 Å². The summed E-state index contributed by atoms with van der Waals surface area (Å²) in [5.74, 6) is 0.415. The van der Waals surface area contributed by atoms with Crippen molar-refractivity contribution in [2.24, 2.45) is 0 Å². The molecule has 1 aromatic carbocycles. The Balaban J connectivity index is 3.02. The van der Waals surface area contributed by atoms with Crippen molar-refractivity contribution < 1.29 is 14.3 Å². The van der Waals surface area contributed by atoms with Crippen LogP contribution in [0.5, 0.6) is 11.5 Å². The first kappa shape index (κ1) is 11.8. The summed E-state index contributed by atoms with van der Waals surface area (Å²) in [6, 6.07) is 6.93. The van der Waals surface area contributed by atoms with Crippen LogP contribution in [0.15, 0.2) is 24.3 Å². The maximum Gasteiger partial charge on any atom is 0.308 e. The Kier molecular flexibility index (Phi) is 4.10. The molecule has 1 rings (SSSR count). The standard InChI is InChI=1S/C12H11NO3/c1-9(14)16-11-6-5-10(4-3-7-13)8-12(11)15-2/h3-6,8H,1-2H3. The molecule has 0 saturated heterocycles. The Morgan fingerprint density at radius 1 is 1.44 bits per heavy atom. The average Bonchev–Trinajstić information content (AvgIpc) is 2.27. The van der Waals surface area contributed by atoms with Gasteiger partial charge in [-0.25, -0.2) is 0 Å². The Hall–Kier alpha value is -2.28. The quantitative estimate of drug-likeness (QED) is 0.442. The molecule has 0 unspecified atom stereocenters. The number of esters is 1. The second-order valence-corrected chi connectivity index (χ2v) is 2.97. The zero-order valence-electron chi connectivity index (χ0n) is 9.06. The van der Waals surface area contributed by atoms with Crippen LogP contribution in [0, 0.1) is 11.3 Å². The van der Waals surface area contributed by atoms with E-state index in [9.17, 15) is 4.79 Å². The van der Waals surface area contributed by atoms with Crippen molar-refractivity contribution in [1.82, 2.24) is 0 Å². The largest absolute Gasteiger partial charge is 0.493 e. The van der Waals surface area contributed by atoms with Gasteiger partial charge in [0, 0.05) is 13.0 Å². The fourth-order valence-corrected chi connectivity index (χ4v) is 1.16. The lowest BCUT2D eigenvalue weighted by atomic mass is 10.2. The summed E-state index contributed by atoms with van der Waals surface area (Å²) >= 11 is 0. The van der Waals surface area contributed by atoms with Gasteiger partial charge in [0.1, 0.15) is 0 Å². The van der Waals surface area contributed by atoms with E-state index in [-0.39, 0.29) is 0 Å². The predicted octanol–water partition coefficient (Wildman–Crippen LogP) is 2.16. The lowest BCUT2D eigenvalue weighted by Crippen LogP contribution is -2.02. The first-order valence-corrected chi connectivity index (χ1v) is 4.60. The van der Waals surface area contributed by atoms with Crippen molar-refractivity contribution >= 4 is 12.0 Å². The third-order valence-electron chi connectivity index (χ3n) is 1.79. The highest BCUT2D eigenvalue weighted by atomic mass is 16.6. The van der Waals surface area contributed by atoms with Gasteiger partial charge in [0.15, 0.2) is 11.5 Å². The summed E-state index contributed by atoms with van der Waals surface area (Å²) in [6.45, 7) is 1.32. The highest BCUT2D eigenvalue weighted by molar-refractivity contribution is 5.71. The van der Waals surface area contributed by atoms with E-state index in [1.165, 1.54) is 20.1 Å². The van der Waals surface area contributed by atoms with E-state index >= 15 is 0 Å². The van der Waals surface area contributed by atoms with Crippen LogP contribution >= 0.6 is 0 Å². The molecule has 0 atom stereocenters. The van der Waals surface area contributed by atoms with E-state index in [1.54, 1.807) is 24.3 Å². The SMILES string of the molecule is COc1cc(C=CC#N)ccc1OC(C)=O. The summed E-state index contributed by atoms with van der Waals surface area (Å²) < 4.78 is 10.0. The number of carbonyl (C=O) groups is 1. The van der Waals surface area contributed by atoms with Crippen molar-refractivity contribution in [2.75, 3.05) is 7.11 Å². The van der Waals surface area contributed by atoms with Gasteiger partial charge in [-0.1, -0.05) is 6.07 Å². The molecule has 82 valence electrons. The van der Waals surface area contributed by atoms with Gasteiger partial charge in [-0.05, 0) is 23.8 Å². The van der Waals surface area contributed by atoms with E-state index in [0.717, 1.165) is 5.56 Å². The van der Waals surface area contributed by atoms with E-state index in [0.29, 0.717) is 11.5 Å². The van der Waals surface area contributed by atoms with Crippen LogP contribution in [0.2, 0.25) is 0 Å². The van der Waals surface area contributed by atoms with Gasteiger partial charge < -0.3 is 9.47 Å². The number of rotatable bonds is 3. The van der Waals surface area contributed by atoms with Crippen LogP contribution < -0.4 is 9.47 Å². The minimum absolute atomic E-state index is 0.365. The molecule has 0 aliphatic carbocycles. The van der Waals surface area contributed by atoms with E-state index < -0.39 is 5.97 Å². The van der Waals surface area contributed by atoms with Gasteiger partial charge >= 0.3 is 5.97 Å². The van der Waals surface area contributed by atoms with Gasteiger partial charge in [-0.3, -0.25) is 4.79 Å². The molecule has 0 N–H and O–H groups in total. The number of ether oxygens (including phenoxy) is 2. The maximum absolute atomic E-state index is 10.8. The molecule has 0 aliphatic heterocycles. The molecule has 1 aromatic rings. The second-order valence-electron chi connectivity index (χ2n) is 2.97. The fourth-order valence-electron chi connectivity index (χ4n) is 1.16. The Bertz CT molecular complexity index is 458. The van der Waals surface area contributed by atoms with Crippen LogP contribution in [0.4, 0.5) is 0 Å². The van der Waals surface area contributed by atoms with Gasteiger partial charge in [-0.15, -0.1) is 0 Å². The Morgan fingerprint density at radius 2 is 2.19 bits per heavy atom. The smallest absolute Gasteiger partial charge is 0.308 e. The number of allylic oxidation sites excluding steroid dienone is 1. The van der Waals surface area contributed by atoms with Crippen LogP contribution in [-0.4, -0.2) is 13.1 Å². The number of hydrogen-bond acceptors (Lipinski definition) is 4. The lowest BCUT2D eigenvalue weighted by Gasteiger charge is -2.08. The molecule has 0 fully saturated rings. The summed E-state index contributed by atoms with van der Waals surface area (Å²) in [4.78, 5) is 10.8. The molecule has 4 nitrogen and oxygen atoms in total. The van der Waals surface area contributed by atoms with Crippen molar-refractivity contribution in [3.63, 3.8) is 0 Å². The lowest BCUT2D eigenvalue weighted by molar-refractivity contribution is -0.132. The van der Waals surface area contributed by atoms with Gasteiger partial charge in [0.25, 0.3) is 0 Å². The molecular weight excluding hydrogens is 206 g/mol. The zero-order valence-corrected chi connectivity index (χ0v) is 9.06. The van der Waals surface area contributed by atoms with Crippen LogP contribution in [0.3, 0.4) is 0 Å². The number of hydrogen-bond donors (Lipinski definition) is 0. The first-order valence-electron chi connectivity index (χ1n) is 4.60. The molecule has 4 heteroatoms. The third kappa shape index (κ3) is 3.14. The van der Waals surface area contributed by atoms with E-state index in [4.69, 9.17) is 14.7 Å². The molecular formula is C12H11NO3. The molecule has 0 aromatic heterocycles. The number of carbonyl (C=O) groups excluding carboxylic acids is 1. The second kappa shape index (κ2) is 5.56. The van der Waals surface area contributed by atoms with Crippen molar-refractivity contribution in [3.8, 4) is 17.6 Å². The van der Waals surface area contributed by atoms with Crippen molar-refractivity contribution in [2.45, 2.75) is 6.92 Å². The predicted molar refractivity (Wildman–Crippen MR) is 59.0 cm³/mol. The number of methoxy groups -OCH3 is 1. The van der Waals surface area contributed by atoms with Crippen LogP contribution in [0.25, 0.3) is 6.08 Å². The maximum atomic E-state index is 10.8. The minimum atomic E-state index is -0.404. The molecule has 0 aliphatic rings. The zero-order chi connectivity index (χ0) is 12.0. The molecule has 0 spiro atoms. The van der Waals surface area contributed by atoms with Gasteiger partial charge in [-0.2, -0.15) is 5.26 Å². The van der Waals surface area contributed by atoms with Crippen molar-refractivity contribution in [1.29, 1.82) is 5.26 Å². The van der Waals surface area contributed by atoms with Crippen molar-refractivity contribution in [3.05, 3.63) is 29.8 Å². The van der Waals surface area contributed by atoms with Crippen LogP contribution in [0.1, 0.15) is 12.5 Å². The molecule has 0 radical (unpaired) electrons. The molecule has 16 heavy (non-hydrogen) atoms. The third-order valence-corrected chi connectivity index (χ3v) is 1.79. The molecule has 0 amide bonds. The van der Waals surface area contributed by atoms with Crippen LogP contribution in [-0.2, 0) is 4.79 Å². The number of nitrogens with zero attached hydrogens (tertiary/aromatic N) is 1.